The summed E-state index contributed by atoms with van der Waals surface area (Å²) in [5.41, 5.74) is 0.134. The Kier molecular flexibility index (Phi) is 3.30. The Hall–Kier alpha value is -0.870. The number of halogens is 1. The summed E-state index contributed by atoms with van der Waals surface area (Å²) in [5.74, 6) is -0.734. The molecule has 2 N–H and O–H groups in total. The average Bonchev–Trinajstić information content (AvgIpc) is 2.30. The van der Waals surface area contributed by atoms with E-state index in [-0.39, 0.29) is 0 Å². The minimum absolute atomic E-state index is 0.518. The smallest absolute Gasteiger partial charge is 0.315 e. The molecule has 0 saturated carbocycles. The van der Waals surface area contributed by atoms with Crippen molar-refractivity contribution < 1.29 is 9.90 Å². The van der Waals surface area contributed by atoms with Gasteiger partial charge in [-0.05, 0) is 37.1 Å². The van der Waals surface area contributed by atoms with Gasteiger partial charge >= 0.3 is 5.97 Å². The predicted octanol–water partition coefficient (Wildman–Crippen LogP) is 2.15. The molecule has 1 aliphatic heterocycles. The topological polar surface area (TPSA) is 49.3 Å². The highest BCUT2D eigenvalue weighted by molar-refractivity contribution is 9.10. The van der Waals surface area contributed by atoms with Crippen molar-refractivity contribution >= 4 is 21.9 Å². The quantitative estimate of drug-likeness (QED) is 0.875. The third-order valence-electron chi connectivity index (χ3n) is 3.19. The van der Waals surface area contributed by atoms with Crippen molar-refractivity contribution in [1.29, 1.82) is 0 Å². The Labute approximate surface area is 103 Å². The highest BCUT2D eigenvalue weighted by atomic mass is 79.9. The number of carbonyl (C=O) groups is 1. The lowest BCUT2D eigenvalue weighted by molar-refractivity contribution is -0.144. The Morgan fingerprint density at radius 3 is 2.56 bits per heavy atom. The van der Waals surface area contributed by atoms with E-state index in [1.165, 1.54) is 0 Å². The molecule has 4 heteroatoms. The molecular formula is C12H14BrNO2. The Bertz CT molecular complexity index is 383. The standard InChI is InChI=1S/C12H14BrNO2/c13-10-4-2-9(3-5-10)12(11(15)16)6-1-7-14-8-12/h2-5,14H,1,6-8H2,(H,15,16). The Morgan fingerprint density at radius 1 is 1.38 bits per heavy atom. The van der Waals surface area contributed by atoms with Crippen LogP contribution in [0.5, 0.6) is 0 Å². The summed E-state index contributed by atoms with van der Waals surface area (Å²) in [5, 5.41) is 12.6. The van der Waals surface area contributed by atoms with Gasteiger partial charge in [-0.3, -0.25) is 4.79 Å². The van der Waals surface area contributed by atoms with Gasteiger partial charge < -0.3 is 10.4 Å². The zero-order chi connectivity index (χ0) is 11.6. The van der Waals surface area contributed by atoms with Crippen molar-refractivity contribution in [2.75, 3.05) is 13.1 Å². The molecule has 0 bridgehead atoms. The maximum atomic E-state index is 11.5. The summed E-state index contributed by atoms with van der Waals surface area (Å²) in [6.45, 7) is 1.43. The largest absolute Gasteiger partial charge is 0.481 e. The van der Waals surface area contributed by atoms with Crippen LogP contribution >= 0.6 is 15.9 Å². The maximum absolute atomic E-state index is 11.5. The lowest BCUT2D eigenvalue weighted by atomic mass is 9.75. The van der Waals surface area contributed by atoms with Gasteiger partial charge in [0.05, 0.1) is 0 Å². The summed E-state index contributed by atoms with van der Waals surface area (Å²) in [4.78, 5) is 11.5. The second kappa shape index (κ2) is 4.55. The molecule has 86 valence electrons. The van der Waals surface area contributed by atoms with E-state index in [0.717, 1.165) is 23.0 Å². The third-order valence-corrected chi connectivity index (χ3v) is 3.72. The molecular weight excluding hydrogens is 270 g/mol. The molecule has 1 saturated heterocycles. The van der Waals surface area contributed by atoms with E-state index in [4.69, 9.17) is 0 Å². The molecule has 2 rings (SSSR count). The number of benzene rings is 1. The third kappa shape index (κ3) is 1.99. The number of carboxylic acids is 1. The van der Waals surface area contributed by atoms with Crippen LogP contribution in [0.1, 0.15) is 18.4 Å². The molecule has 3 nitrogen and oxygen atoms in total. The summed E-state index contributed by atoms with van der Waals surface area (Å²) in [6.07, 6.45) is 1.61. The van der Waals surface area contributed by atoms with Gasteiger partial charge in [-0.1, -0.05) is 28.1 Å². The van der Waals surface area contributed by atoms with E-state index in [0.29, 0.717) is 13.0 Å². The number of rotatable bonds is 2. The van der Waals surface area contributed by atoms with Gasteiger partial charge in [0.1, 0.15) is 5.41 Å². The van der Waals surface area contributed by atoms with Crippen LogP contribution in [0.3, 0.4) is 0 Å². The first-order chi connectivity index (χ1) is 7.65. The minimum atomic E-state index is -0.751. The van der Waals surface area contributed by atoms with Crippen LogP contribution in [-0.4, -0.2) is 24.2 Å². The molecule has 1 aromatic carbocycles. The first-order valence-corrected chi connectivity index (χ1v) is 6.15. The molecule has 0 spiro atoms. The predicted molar refractivity (Wildman–Crippen MR) is 65.6 cm³/mol. The monoisotopic (exact) mass is 283 g/mol. The fourth-order valence-electron chi connectivity index (χ4n) is 2.23. The van der Waals surface area contributed by atoms with E-state index < -0.39 is 11.4 Å². The van der Waals surface area contributed by atoms with Gasteiger partial charge in [0.25, 0.3) is 0 Å². The van der Waals surface area contributed by atoms with Gasteiger partial charge in [-0.2, -0.15) is 0 Å². The van der Waals surface area contributed by atoms with Crippen molar-refractivity contribution in [3.8, 4) is 0 Å². The van der Waals surface area contributed by atoms with Gasteiger partial charge in [0, 0.05) is 11.0 Å². The van der Waals surface area contributed by atoms with Crippen molar-refractivity contribution in [2.45, 2.75) is 18.3 Å². The highest BCUT2D eigenvalue weighted by Crippen LogP contribution is 2.32. The molecule has 1 aromatic rings. The fourth-order valence-corrected chi connectivity index (χ4v) is 2.49. The highest BCUT2D eigenvalue weighted by Gasteiger charge is 2.41. The maximum Gasteiger partial charge on any atom is 0.315 e. The zero-order valence-corrected chi connectivity index (χ0v) is 10.5. The second-order valence-electron chi connectivity index (χ2n) is 4.17. The van der Waals surface area contributed by atoms with Gasteiger partial charge in [-0.25, -0.2) is 0 Å². The van der Waals surface area contributed by atoms with Crippen LogP contribution in [0.2, 0.25) is 0 Å². The molecule has 1 heterocycles. The van der Waals surface area contributed by atoms with Crippen LogP contribution in [0.15, 0.2) is 28.7 Å². The second-order valence-corrected chi connectivity index (χ2v) is 5.09. The number of hydrogen-bond acceptors (Lipinski definition) is 2. The lowest BCUT2D eigenvalue weighted by Crippen LogP contribution is -2.48. The number of nitrogens with one attached hydrogen (secondary N) is 1. The molecule has 1 atom stereocenters. The van der Waals surface area contributed by atoms with Crippen LogP contribution in [0.4, 0.5) is 0 Å². The van der Waals surface area contributed by atoms with Crippen molar-refractivity contribution in [2.24, 2.45) is 0 Å². The van der Waals surface area contributed by atoms with Crippen LogP contribution in [0.25, 0.3) is 0 Å². The molecule has 0 aromatic heterocycles. The van der Waals surface area contributed by atoms with Gasteiger partial charge in [-0.15, -0.1) is 0 Å². The molecule has 0 aliphatic carbocycles. The summed E-state index contributed by atoms with van der Waals surface area (Å²) >= 11 is 3.36. The number of aliphatic carboxylic acids is 1. The molecule has 16 heavy (non-hydrogen) atoms. The Morgan fingerprint density at radius 2 is 2.06 bits per heavy atom. The summed E-state index contributed by atoms with van der Waals surface area (Å²) in [7, 11) is 0. The van der Waals surface area contributed by atoms with Gasteiger partial charge in [0.2, 0.25) is 0 Å². The van der Waals surface area contributed by atoms with Crippen LogP contribution in [-0.2, 0) is 10.2 Å². The summed E-state index contributed by atoms with van der Waals surface area (Å²) in [6, 6.07) is 7.58. The summed E-state index contributed by atoms with van der Waals surface area (Å²) < 4.78 is 0.973. The van der Waals surface area contributed by atoms with Crippen molar-refractivity contribution in [1.82, 2.24) is 5.32 Å². The van der Waals surface area contributed by atoms with E-state index >= 15 is 0 Å². The molecule has 0 radical (unpaired) electrons. The average molecular weight is 284 g/mol. The zero-order valence-electron chi connectivity index (χ0n) is 8.87. The number of carboxylic acid groups (broad SMARTS) is 1. The van der Waals surface area contributed by atoms with E-state index in [9.17, 15) is 9.90 Å². The van der Waals surface area contributed by atoms with E-state index in [1.54, 1.807) is 0 Å². The van der Waals surface area contributed by atoms with Crippen molar-refractivity contribution in [3.05, 3.63) is 34.3 Å². The Balaban J connectivity index is 2.38. The SMILES string of the molecule is O=C(O)C1(c2ccc(Br)cc2)CCCNC1. The number of piperidine rings is 1. The minimum Gasteiger partial charge on any atom is -0.481 e. The normalized spacial score (nSPS) is 25.3. The molecule has 1 unspecified atom stereocenters. The van der Waals surface area contributed by atoms with E-state index in [2.05, 4.69) is 21.2 Å². The first kappa shape index (κ1) is 11.6. The number of hydrogen-bond donors (Lipinski definition) is 2. The molecule has 0 amide bonds. The van der Waals surface area contributed by atoms with Gasteiger partial charge in [0.15, 0.2) is 0 Å². The van der Waals surface area contributed by atoms with Crippen molar-refractivity contribution in [3.63, 3.8) is 0 Å². The van der Waals surface area contributed by atoms with Crippen LogP contribution in [0, 0.1) is 0 Å². The fraction of sp³-hybridized carbons (Fsp3) is 0.417. The molecule has 1 fully saturated rings. The lowest BCUT2D eigenvalue weighted by Gasteiger charge is -2.34. The van der Waals surface area contributed by atoms with E-state index in [1.807, 2.05) is 24.3 Å². The van der Waals surface area contributed by atoms with Crippen LogP contribution < -0.4 is 5.32 Å². The molecule has 1 aliphatic rings. The first-order valence-electron chi connectivity index (χ1n) is 5.35.